The van der Waals surface area contributed by atoms with Crippen LogP contribution in [0.1, 0.15) is 25.0 Å². The molecule has 1 aliphatic heterocycles. The summed E-state index contributed by atoms with van der Waals surface area (Å²) in [6, 6.07) is 36.4. The van der Waals surface area contributed by atoms with Gasteiger partial charge in [-0.3, -0.25) is 0 Å². The van der Waals surface area contributed by atoms with Gasteiger partial charge in [-0.25, -0.2) is 18.1 Å². The zero-order chi connectivity index (χ0) is 32.9. The van der Waals surface area contributed by atoms with Crippen molar-refractivity contribution in [1.29, 1.82) is 0 Å². The number of phenols is 2. The summed E-state index contributed by atoms with van der Waals surface area (Å²) in [5.74, 6) is 1.80. The molecule has 8 nitrogen and oxygen atoms in total. The van der Waals surface area contributed by atoms with E-state index in [2.05, 4.69) is 45.5 Å². The Bertz CT molecular complexity index is 2190. The van der Waals surface area contributed by atoms with E-state index in [0.29, 0.717) is 22.5 Å². The maximum absolute atomic E-state index is 12.2. The zero-order valence-electron chi connectivity index (χ0n) is 27.5. The van der Waals surface area contributed by atoms with Crippen LogP contribution < -0.4 is 8.97 Å². The van der Waals surface area contributed by atoms with Crippen LogP contribution in [0.4, 0.5) is 23.3 Å². The van der Waals surface area contributed by atoms with Crippen molar-refractivity contribution in [2.45, 2.75) is 19.3 Å². The Morgan fingerprint density at radius 3 is 1.28 bits per heavy atom. The molecule has 0 unspecified atom stereocenters. The molecule has 0 spiro atoms. The molecule has 0 amide bonds. The predicted molar refractivity (Wildman–Crippen MR) is 191 cm³/mol. The summed E-state index contributed by atoms with van der Waals surface area (Å²) in [5, 5.41) is 24.3. The van der Waals surface area contributed by atoms with E-state index in [9.17, 15) is 10.2 Å². The van der Waals surface area contributed by atoms with Gasteiger partial charge in [-0.1, -0.05) is 74.5 Å². The highest BCUT2D eigenvalue weighted by Crippen LogP contribution is 2.51. The van der Waals surface area contributed by atoms with Crippen molar-refractivity contribution in [3.63, 3.8) is 0 Å². The molecule has 8 bridgehead atoms. The molecular weight excluding hydrogens is 584 g/mol. The molecule has 5 aromatic carbocycles. The van der Waals surface area contributed by atoms with Crippen molar-refractivity contribution in [3.05, 3.63) is 120 Å². The molecule has 1 aliphatic rings. The molecular formula is C39H38N6O2+2. The van der Waals surface area contributed by atoms with Gasteiger partial charge in [0.2, 0.25) is 0 Å². The lowest BCUT2D eigenvalue weighted by Gasteiger charge is -2.34. The first-order chi connectivity index (χ1) is 22.4. The summed E-state index contributed by atoms with van der Waals surface area (Å²) >= 11 is 0. The highest BCUT2D eigenvalue weighted by molar-refractivity contribution is 6.04. The van der Waals surface area contributed by atoms with E-state index in [-0.39, 0.29) is 20.5 Å². The predicted octanol–water partition coefficient (Wildman–Crippen LogP) is 8.21. The van der Waals surface area contributed by atoms with Gasteiger partial charge in [0, 0.05) is 28.7 Å². The molecule has 0 saturated carbocycles. The van der Waals surface area contributed by atoms with Gasteiger partial charge < -0.3 is 10.2 Å². The number of benzene rings is 5. The van der Waals surface area contributed by atoms with Crippen LogP contribution in [-0.2, 0) is 5.41 Å². The SMILES string of the molecule is CC1(C)c2cccc(c2O)[N+](C)(C)c2nc3c4nc(n(-c5ccccc5)c4ccc3n2-c2ccccc2)[N+](C)(C)c2cccc1c2O. The van der Waals surface area contributed by atoms with Gasteiger partial charge in [-0.05, 0) is 36.4 Å². The van der Waals surface area contributed by atoms with Crippen LogP contribution in [0.3, 0.4) is 0 Å². The first-order valence-electron chi connectivity index (χ1n) is 15.8. The van der Waals surface area contributed by atoms with Crippen LogP contribution in [0.25, 0.3) is 33.4 Å². The summed E-state index contributed by atoms with van der Waals surface area (Å²) in [6.45, 7) is 4.09. The van der Waals surface area contributed by atoms with Gasteiger partial charge in [0.05, 0.1) is 50.6 Å². The molecule has 2 aromatic heterocycles. The maximum Gasteiger partial charge on any atom is 0.319 e. The number of hydrogen-bond acceptors (Lipinski definition) is 4. The molecule has 234 valence electrons. The number of nitrogens with zero attached hydrogens (tertiary/aromatic N) is 6. The molecule has 8 heteroatoms. The molecule has 0 atom stereocenters. The number of imidazole rings is 2. The molecule has 8 rings (SSSR count). The van der Waals surface area contributed by atoms with Crippen LogP contribution in [0.15, 0.2) is 109 Å². The minimum absolute atomic E-state index is 0.153. The third kappa shape index (κ3) is 3.95. The summed E-state index contributed by atoms with van der Waals surface area (Å²) < 4.78 is 4.65. The zero-order valence-corrected chi connectivity index (χ0v) is 27.5. The van der Waals surface area contributed by atoms with Crippen LogP contribution >= 0.6 is 0 Å². The minimum Gasteiger partial charge on any atom is -0.502 e. The second-order valence-corrected chi connectivity index (χ2v) is 13.8. The number of hydrogen-bond donors (Lipinski definition) is 2. The Kier molecular flexibility index (Phi) is 6.03. The van der Waals surface area contributed by atoms with Gasteiger partial charge in [0.25, 0.3) is 0 Å². The highest BCUT2D eigenvalue weighted by Gasteiger charge is 2.41. The largest absolute Gasteiger partial charge is 0.502 e. The number of quaternary nitrogens is 2. The lowest BCUT2D eigenvalue weighted by molar-refractivity contribution is 0.410. The van der Waals surface area contributed by atoms with Crippen molar-refractivity contribution in [3.8, 4) is 22.9 Å². The van der Waals surface area contributed by atoms with Gasteiger partial charge >= 0.3 is 11.9 Å². The fraction of sp³-hybridized carbons (Fsp3) is 0.179. The molecule has 2 N–H and O–H groups in total. The average Bonchev–Trinajstić information content (AvgIpc) is 3.65. The van der Waals surface area contributed by atoms with Crippen LogP contribution in [0.2, 0.25) is 0 Å². The lowest BCUT2D eigenvalue weighted by Crippen LogP contribution is -2.38. The smallest absolute Gasteiger partial charge is 0.319 e. The second-order valence-electron chi connectivity index (χ2n) is 13.8. The molecule has 0 radical (unpaired) electrons. The van der Waals surface area contributed by atoms with Gasteiger partial charge in [0.1, 0.15) is 11.0 Å². The Labute approximate surface area is 273 Å². The molecule has 47 heavy (non-hydrogen) atoms. The van der Waals surface area contributed by atoms with Crippen molar-refractivity contribution < 1.29 is 10.2 Å². The van der Waals surface area contributed by atoms with E-state index in [0.717, 1.165) is 45.3 Å². The first-order valence-corrected chi connectivity index (χ1v) is 15.8. The molecule has 0 saturated heterocycles. The summed E-state index contributed by atoms with van der Waals surface area (Å²) in [5.41, 5.74) is 7.31. The van der Waals surface area contributed by atoms with E-state index in [1.165, 1.54) is 0 Å². The third-order valence-electron chi connectivity index (χ3n) is 10.0. The Morgan fingerprint density at radius 2 is 0.894 bits per heavy atom. The molecule has 3 heterocycles. The lowest BCUT2D eigenvalue weighted by atomic mass is 9.76. The average molecular weight is 623 g/mol. The van der Waals surface area contributed by atoms with Crippen molar-refractivity contribution >= 4 is 45.3 Å². The topological polar surface area (TPSA) is 76.1 Å². The fourth-order valence-electron chi connectivity index (χ4n) is 7.40. The van der Waals surface area contributed by atoms with Gasteiger partial charge in [-0.2, -0.15) is 9.97 Å². The summed E-state index contributed by atoms with van der Waals surface area (Å²) in [7, 11) is 8.20. The van der Waals surface area contributed by atoms with E-state index < -0.39 is 5.41 Å². The fourth-order valence-corrected chi connectivity index (χ4v) is 7.40. The van der Waals surface area contributed by atoms with Crippen LogP contribution in [-0.4, -0.2) is 57.5 Å². The maximum atomic E-state index is 12.2. The molecule has 0 aliphatic carbocycles. The highest BCUT2D eigenvalue weighted by atomic mass is 16.3. The Morgan fingerprint density at radius 1 is 0.511 bits per heavy atom. The van der Waals surface area contributed by atoms with Crippen molar-refractivity contribution in [1.82, 2.24) is 28.1 Å². The van der Waals surface area contributed by atoms with E-state index in [1.54, 1.807) is 0 Å². The van der Waals surface area contributed by atoms with Crippen molar-refractivity contribution in [2.75, 3.05) is 28.2 Å². The first kappa shape index (κ1) is 29.0. The quantitative estimate of drug-likeness (QED) is 0.191. The number of phenolic OH excluding ortho intramolecular Hbond substituents is 2. The number of aromatic nitrogens is 4. The standard InChI is InChI=1S/C39H36N6O2/c1-39(2)27-19-13-21-31(35(27)46)44(3,4)37-40-33-29(42(37)25-15-9-7-10-16-25)23-24-30-34(33)41-38(43(30)26-17-11-8-12-18-26)45(5,6)32-22-14-20-28(39)36(32)47/h7-24H,1-6H3/p+2. The van der Waals surface area contributed by atoms with E-state index in [4.69, 9.17) is 9.97 Å². The Hall–Kier alpha value is -5.44. The second kappa shape index (κ2) is 9.78. The number of fused-ring (bicyclic) bond motifs is 6. The van der Waals surface area contributed by atoms with E-state index in [1.807, 2.05) is 115 Å². The Balaban J connectivity index is 1.60. The van der Waals surface area contributed by atoms with Crippen LogP contribution in [0.5, 0.6) is 11.5 Å². The van der Waals surface area contributed by atoms with Gasteiger partial charge in [0.15, 0.2) is 22.9 Å². The number of para-hydroxylation sites is 4. The molecule has 7 aromatic rings. The third-order valence-corrected chi connectivity index (χ3v) is 10.0. The molecule has 0 fully saturated rings. The monoisotopic (exact) mass is 622 g/mol. The minimum atomic E-state index is -0.758. The summed E-state index contributed by atoms with van der Waals surface area (Å²) in [4.78, 5) is 10.8. The van der Waals surface area contributed by atoms with Gasteiger partial charge in [-0.15, -0.1) is 0 Å². The normalized spacial score (nSPS) is 16.1. The summed E-state index contributed by atoms with van der Waals surface area (Å²) in [6.07, 6.45) is 0. The number of aromatic hydroxyl groups is 2. The van der Waals surface area contributed by atoms with Crippen molar-refractivity contribution in [2.24, 2.45) is 0 Å². The number of rotatable bonds is 2. The van der Waals surface area contributed by atoms with Crippen LogP contribution in [0, 0.1) is 0 Å². The van der Waals surface area contributed by atoms with E-state index >= 15 is 0 Å².